The van der Waals surface area contributed by atoms with Gasteiger partial charge in [0.1, 0.15) is 0 Å². The largest absolute Gasteiger partial charge is 0.372 e. The minimum Gasteiger partial charge on any atom is -0.372 e. The van der Waals surface area contributed by atoms with Crippen LogP contribution in [0.5, 0.6) is 0 Å². The molecule has 18 heavy (non-hydrogen) atoms. The zero-order chi connectivity index (χ0) is 13.4. The molecule has 1 aliphatic carbocycles. The quantitative estimate of drug-likeness (QED) is 0.725. The van der Waals surface area contributed by atoms with E-state index in [1.165, 1.54) is 19.3 Å². The van der Waals surface area contributed by atoms with E-state index in [0.29, 0.717) is 6.54 Å². The Balaban J connectivity index is 2.33. The van der Waals surface area contributed by atoms with Crippen LogP contribution in [0.2, 0.25) is 0 Å². The lowest BCUT2D eigenvalue weighted by Gasteiger charge is -2.39. The van der Waals surface area contributed by atoms with Crippen molar-refractivity contribution in [1.29, 1.82) is 0 Å². The molecular formula is C15H32N2O. The molecule has 0 bridgehead atoms. The first-order chi connectivity index (χ1) is 8.69. The Kier molecular flexibility index (Phi) is 7.20. The van der Waals surface area contributed by atoms with Crippen LogP contribution in [0.25, 0.3) is 0 Å². The number of likely N-dealkylation sites (N-methyl/N-ethyl adjacent to an activating group) is 1. The molecule has 0 amide bonds. The van der Waals surface area contributed by atoms with E-state index in [4.69, 9.17) is 10.5 Å². The molecule has 0 heterocycles. The Morgan fingerprint density at radius 1 is 1.17 bits per heavy atom. The van der Waals surface area contributed by atoms with Crippen LogP contribution in [-0.4, -0.2) is 43.3 Å². The van der Waals surface area contributed by atoms with Gasteiger partial charge in [-0.2, -0.15) is 0 Å². The van der Waals surface area contributed by atoms with Gasteiger partial charge in [-0.3, -0.25) is 0 Å². The normalized spacial score (nSPS) is 28.8. The first-order valence-electron chi connectivity index (χ1n) is 7.76. The second-order valence-corrected chi connectivity index (χ2v) is 5.61. The second-order valence-electron chi connectivity index (χ2n) is 5.61. The summed E-state index contributed by atoms with van der Waals surface area (Å²) >= 11 is 0. The topological polar surface area (TPSA) is 38.5 Å². The average molecular weight is 256 g/mol. The smallest absolute Gasteiger partial charge is 0.0805 e. The first kappa shape index (κ1) is 15.9. The van der Waals surface area contributed by atoms with Gasteiger partial charge in [0.05, 0.1) is 12.2 Å². The fourth-order valence-corrected chi connectivity index (χ4v) is 2.95. The van der Waals surface area contributed by atoms with Crippen LogP contribution in [-0.2, 0) is 4.74 Å². The van der Waals surface area contributed by atoms with E-state index in [2.05, 4.69) is 25.7 Å². The van der Waals surface area contributed by atoms with Gasteiger partial charge < -0.3 is 15.4 Å². The Bertz CT molecular complexity index is 209. The molecule has 1 saturated carbocycles. The van der Waals surface area contributed by atoms with Crippen molar-refractivity contribution in [3.05, 3.63) is 0 Å². The number of rotatable bonds is 8. The van der Waals surface area contributed by atoms with E-state index in [1.807, 2.05) is 0 Å². The summed E-state index contributed by atoms with van der Waals surface area (Å²) in [5.41, 5.74) is 5.95. The van der Waals surface area contributed by atoms with Crippen LogP contribution in [0.3, 0.4) is 0 Å². The van der Waals surface area contributed by atoms with Crippen LogP contribution < -0.4 is 5.73 Å². The molecule has 0 atom stereocenters. The summed E-state index contributed by atoms with van der Waals surface area (Å²) in [5.74, 6) is 0.899. The lowest BCUT2D eigenvalue weighted by atomic mass is 9.77. The van der Waals surface area contributed by atoms with Gasteiger partial charge in [0.15, 0.2) is 0 Å². The van der Waals surface area contributed by atoms with Gasteiger partial charge in [0, 0.05) is 13.1 Å². The third kappa shape index (κ3) is 4.52. The average Bonchev–Trinajstić information content (AvgIpc) is 2.44. The highest BCUT2D eigenvalue weighted by atomic mass is 16.5. The fourth-order valence-electron chi connectivity index (χ4n) is 2.95. The minimum absolute atomic E-state index is 0.0151. The molecule has 0 saturated heterocycles. The monoisotopic (exact) mass is 256 g/mol. The molecule has 0 aromatic carbocycles. The highest BCUT2D eigenvalue weighted by molar-refractivity contribution is 4.88. The van der Waals surface area contributed by atoms with Crippen molar-refractivity contribution < 1.29 is 4.74 Å². The first-order valence-corrected chi connectivity index (χ1v) is 7.76. The number of nitrogens with zero attached hydrogens (tertiary/aromatic N) is 1. The Hall–Kier alpha value is -0.120. The van der Waals surface area contributed by atoms with Gasteiger partial charge in [-0.05, 0) is 44.7 Å². The van der Waals surface area contributed by atoms with Crippen molar-refractivity contribution in [2.24, 2.45) is 11.7 Å². The zero-order valence-corrected chi connectivity index (χ0v) is 12.6. The lowest BCUT2D eigenvalue weighted by molar-refractivity contribution is -0.0762. The van der Waals surface area contributed by atoms with Gasteiger partial charge >= 0.3 is 0 Å². The third-order valence-corrected chi connectivity index (χ3v) is 4.68. The molecule has 0 spiro atoms. The molecular weight excluding hydrogens is 224 g/mol. The predicted molar refractivity (Wildman–Crippen MR) is 77.8 cm³/mol. The molecule has 108 valence electrons. The van der Waals surface area contributed by atoms with Crippen molar-refractivity contribution in [2.75, 3.05) is 32.8 Å². The second kappa shape index (κ2) is 8.13. The standard InChI is InChI=1S/C15H32N2O/c1-4-14-7-9-15(13-16,10-8-14)18-12-11-17(5-2)6-3/h14H,4-13,16H2,1-3H3. The van der Waals surface area contributed by atoms with Crippen molar-refractivity contribution >= 4 is 0 Å². The maximum atomic E-state index is 6.18. The van der Waals surface area contributed by atoms with Crippen molar-refractivity contribution in [2.45, 2.75) is 58.5 Å². The molecule has 0 aliphatic heterocycles. The highest BCUT2D eigenvalue weighted by Crippen LogP contribution is 2.35. The Morgan fingerprint density at radius 3 is 2.22 bits per heavy atom. The van der Waals surface area contributed by atoms with Crippen molar-refractivity contribution in [3.8, 4) is 0 Å². The Morgan fingerprint density at radius 2 is 1.78 bits per heavy atom. The maximum absolute atomic E-state index is 6.18. The fraction of sp³-hybridized carbons (Fsp3) is 1.00. The number of hydrogen-bond acceptors (Lipinski definition) is 3. The van der Waals surface area contributed by atoms with Crippen LogP contribution in [0, 0.1) is 5.92 Å². The molecule has 1 fully saturated rings. The van der Waals surface area contributed by atoms with E-state index in [0.717, 1.165) is 45.0 Å². The molecule has 0 aromatic heterocycles. The molecule has 0 aromatic rings. The van der Waals surface area contributed by atoms with Gasteiger partial charge in [0.2, 0.25) is 0 Å². The number of nitrogens with two attached hydrogens (primary N) is 1. The van der Waals surface area contributed by atoms with E-state index >= 15 is 0 Å². The number of ether oxygens (including phenoxy) is 1. The molecule has 2 N–H and O–H groups in total. The van der Waals surface area contributed by atoms with Gasteiger partial charge in [-0.1, -0.05) is 27.2 Å². The summed E-state index contributed by atoms with van der Waals surface area (Å²) < 4.78 is 6.18. The molecule has 3 heteroatoms. The van der Waals surface area contributed by atoms with Gasteiger partial charge in [0.25, 0.3) is 0 Å². The molecule has 1 rings (SSSR count). The van der Waals surface area contributed by atoms with E-state index in [9.17, 15) is 0 Å². The summed E-state index contributed by atoms with van der Waals surface area (Å²) in [6.45, 7) is 11.5. The van der Waals surface area contributed by atoms with E-state index < -0.39 is 0 Å². The van der Waals surface area contributed by atoms with Crippen molar-refractivity contribution in [3.63, 3.8) is 0 Å². The van der Waals surface area contributed by atoms with Gasteiger partial charge in [-0.15, -0.1) is 0 Å². The van der Waals surface area contributed by atoms with Crippen LogP contribution >= 0.6 is 0 Å². The summed E-state index contributed by atoms with van der Waals surface area (Å²) in [6.07, 6.45) is 6.19. The summed E-state index contributed by atoms with van der Waals surface area (Å²) in [5, 5.41) is 0. The zero-order valence-electron chi connectivity index (χ0n) is 12.6. The highest BCUT2D eigenvalue weighted by Gasteiger charge is 2.34. The van der Waals surface area contributed by atoms with E-state index in [-0.39, 0.29) is 5.60 Å². The van der Waals surface area contributed by atoms with Crippen molar-refractivity contribution in [1.82, 2.24) is 4.90 Å². The predicted octanol–water partition coefficient (Wildman–Crippen LogP) is 2.64. The summed E-state index contributed by atoms with van der Waals surface area (Å²) in [4.78, 5) is 2.40. The Labute approximate surface area is 113 Å². The lowest BCUT2D eigenvalue weighted by Crippen LogP contribution is -2.45. The van der Waals surface area contributed by atoms with E-state index in [1.54, 1.807) is 0 Å². The molecule has 1 aliphatic rings. The molecule has 0 radical (unpaired) electrons. The van der Waals surface area contributed by atoms with Gasteiger partial charge in [-0.25, -0.2) is 0 Å². The molecule has 3 nitrogen and oxygen atoms in total. The maximum Gasteiger partial charge on any atom is 0.0805 e. The third-order valence-electron chi connectivity index (χ3n) is 4.68. The minimum atomic E-state index is -0.0151. The SMILES string of the molecule is CCC1CCC(CN)(OCCN(CC)CC)CC1. The molecule has 0 unspecified atom stereocenters. The van der Waals surface area contributed by atoms with Crippen LogP contribution in [0.15, 0.2) is 0 Å². The van der Waals surface area contributed by atoms with Crippen LogP contribution in [0.1, 0.15) is 52.9 Å². The summed E-state index contributed by atoms with van der Waals surface area (Å²) in [7, 11) is 0. The summed E-state index contributed by atoms with van der Waals surface area (Å²) in [6, 6.07) is 0. The van der Waals surface area contributed by atoms with Crippen LogP contribution in [0.4, 0.5) is 0 Å². The number of hydrogen-bond donors (Lipinski definition) is 1.